The maximum Gasteiger partial charge on any atom is 0.220 e. The van der Waals surface area contributed by atoms with Gasteiger partial charge in [0.15, 0.2) is 0 Å². The molecule has 1 aromatic heterocycles. The van der Waals surface area contributed by atoms with E-state index < -0.39 is 0 Å². The standard InChI is InChI=1S/C25H30N2O2/c1-18-9-10-19(2)21(14-18)17-27-16-20(23-7-3-4-8-24(23)27)11-12-25(28)26-15-22-6-5-13-29-22/h3-4,7-10,14,16,22H,5-6,11-13,15,17H2,1-2H3,(H,26,28)/t22-/m1/s1. The molecule has 0 aliphatic carbocycles. The zero-order chi connectivity index (χ0) is 20.2. The van der Waals surface area contributed by atoms with Crippen molar-refractivity contribution in [3.05, 3.63) is 70.9 Å². The number of amides is 1. The largest absolute Gasteiger partial charge is 0.376 e. The van der Waals surface area contributed by atoms with Crippen molar-refractivity contribution in [1.29, 1.82) is 0 Å². The zero-order valence-corrected chi connectivity index (χ0v) is 17.4. The molecule has 4 heteroatoms. The van der Waals surface area contributed by atoms with Gasteiger partial charge >= 0.3 is 0 Å². The molecule has 2 aromatic carbocycles. The lowest BCUT2D eigenvalue weighted by molar-refractivity contribution is -0.121. The van der Waals surface area contributed by atoms with Gasteiger partial charge in [-0.15, -0.1) is 0 Å². The summed E-state index contributed by atoms with van der Waals surface area (Å²) in [5.74, 6) is 0.104. The summed E-state index contributed by atoms with van der Waals surface area (Å²) in [4.78, 5) is 12.3. The Morgan fingerprint density at radius 2 is 2.03 bits per heavy atom. The summed E-state index contributed by atoms with van der Waals surface area (Å²) in [7, 11) is 0. The third-order valence-electron chi connectivity index (χ3n) is 5.89. The topological polar surface area (TPSA) is 43.3 Å². The molecule has 0 unspecified atom stereocenters. The molecule has 1 N–H and O–H groups in total. The van der Waals surface area contributed by atoms with Crippen molar-refractivity contribution in [2.24, 2.45) is 0 Å². The van der Waals surface area contributed by atoms with E-state index in [9.17, 15) is 4.79 Å². The quantitative estimate of drug-likeness (QED) is 0.644. The highest BCUT2D eigenvalue weighted by atomic mass is 16.5. The number of hydrogen-bond donors (Lipinski definition) is 1. The fourth-order valence-electron chi connectivity index (χ4n) is 4.18. The highest BCUT2D eigenvalue weighted by Gasteiger charge is 2.16. The minimum absolute atomic E-state index is 0.104. The van der Waals surface area contributed by atoms with E-state index in [0.29, 0.717) is 13.0 Å². The van der Waals surface area contributed by atoms with Gasteiger partial charge in [-0.2, -0.15) is 0 Å². The molecule has 0 saturated carbocycles. The lowest BCUT2D eigenvalue weighted by atomic mass is 10.1. The number of aromatic nitrogens is 1. The van der Waals surface area contributed by atoms with Gasteiger partial charge in [0.25, 0.3) is 0 Å². The number of fused-ring (bicyclic) bond motifs is 1. The fourth-order valence-corrected chi connectivity index (χ4v) is 4.18. The summed E-state index contributed by atoms with van der Waals surface area (Å²) < 4.78 is 7.90. The van der Waals surface area contributed by atoms with Crippen molar-refractivity contribution in [2.75, 3.05) is 13.2 Å². The van der Waals surface area contributed by atoms with Crippen LogP contribution in [0.5, 0.6) is 0 Å². The Bertz CT molecular complexity index is 999. The number of hydrogen-bond acceptors (Lipinski definition) is 2. The number of nitrogens with zero attached hydrogens (tertiary/aromatic N) is 1. The van der Waals surface area contributed by atoms with E-state index in [1.807, 2.05) is 0 Å². The molecule has 0 spiro atoms. The molecule has 29 heavy (non-hydrogen) atoms. The van der Waals surface area contributed by atoms with Crippen LogP contribution in [-0.4, -0.2) is 29.7 Å². The monoisotopic (exact) mass is 390 g/mol. The Morgan fingerprint density at radius 3 is 2.86 bits per heavy atom. The second kappa shape index (κ2) is 8.83. The highest BCUT2D eigenvalue weighted by molar-refractivity contribution is 5.85. The first-order valence-corrected chi connectivity index (χ1v) is 10.6. The maximum absolute atomic E-state index is 12.3. The Balaban J connectivity index is 1.47. The average molecular weight is 391 g/mol. The van der Waals surface area contributed by atoms with Crippen molar-refractivity contribution < 1.29 is 9.53 Å². The number of carbonyl (C=O) groups is 1. The normalized spacial score (nSPS) is 16.4. The van der Waals surface area contributed by atoms with Crippen molar-refractivity contribution in [3.63, 3.8) is 0 Å². The van der Waals surface area contributed by atoms with Crippen molar-refractivity contribution in [2.45, 2.75) is 52.2 Å². The third kappa shape index (κ3) is 4.70. The van der Waals surface area contributed by atoms with Gasteiger partial charge in [0.1, 0.15) is 0 Å². The minimum Gasteiger partial charge on any atom is -0.376 e. The van der Waals surface area contributed by atoms with Crippen LogP contribution in [0.15, 0.2) is 48.7 Å². The van der Waals surface area contributed by atoms with Gasteiger partial charge in [0.2, 0.25) is 5.91 Å². The van der Waals surface area contributed by atoms with E-state index in [1.165, 1.54) is 33.2 Å². The van der Waals surface area contributed by atoms with Gasteiger partial charge in [-0.3, -0.25) is 4.79 Å². The molecule has 0 radical (unpaired) electrons. The maximum atomic E-state index is 12.3. The molecule has 152 valence electrons. The second-order valence-corrected chi connectivity index (χ2v) is 8.17. The molecule has 1 saturated heterocycles. The first-order valence-electron chi connectivity index (χ1n) is 10.6. The summed E-state index contributed by atoms with van der Waals surface area (Å²) in [5, 5.41) is 4.27. The molecular formula is C25H30N2O2. The van der Waals surface area contributed by atoms with Gasteiger partial charge < -0.3 is 14.6 Å². The second-order valence-electron chi connectivity index (χ2n) is 8.17. The first kappa shape index (κ1) is 19.7. The summed E-state index contributed by atoms with van der Waals surface area (Å²) in [6, 6.07) is 15.1. The third-order valence-corrected chi connectivity index (χ3v) is 5.89. The van der Waals surface area contributed by atoms with Crippen LogP contribution in [0.3, 0.4) is 0 Å². The van der Waals surface area contributed by atoms with Crippen LogP contribution >= 0.6 is 0 Å². The first-order chi connectivity index (χ1) is 14.1. The number of benzene rings is 2. The van der Waals surface area contributed by atoms with Crippen LogP contribution in [0.25, 0.3) is 10.9 Å². The van der Waals surface area contributed by atoms with Crippen molar-refractivity contribution in [1.82, 2.24) is 9.88 Å². The molecule has 1 fully saturated rings. The van der Waals surface area contributed by atoms with E-state index in [2.05, 4.69) is 72.4 Å². The molecule has 4 rings (SSSR count). The predicted octanol–water partition coefficient (Wildman–Crippen LogP) is 4.53. The highest BCUT2D eigenvalue weighted by Crippen LogP contribution is 2.24. The molecule has 1 aliphatic rings. The molecule has 1 atom stereocenters. The van der Waals surface area contributed by atoms with Crippen LogP contribution in [-0.2, 0) is 22.5 Å². The number of aryl methyl sites for hydroxylation is 3. The lowest BCUT2D eigenvalue weighted by Gasteiger charge is -2.10. The average Bonchev–Trinajstić information content (AvgIpc) is 3.36. The molecule has 1 amide bonds. The van der Waals surface area contributed by atoms with Gasteiger partial charge in [-0.25, -0.2) is 0 Å². The Morgan fingerprint density at radius 1 is 1.17 bits per heavy atom. The van der Waals surface area contributed by atoms with Gasteiger partial charge in [0.05, 0.1) is 6.10 Å². The number of carbonyl (C=O) groups excluding carboxylic acids is 1. The smallest absolute Gasteiger partial charge is 0.220 e. The van der Waals surface area contributed by atoms with Gasteiger partial charge in [-0.1, -0.05) is 42.0 Å². The molecule has 1 aliphatic heterocycles. The number of para-hydroxylation sites is 1. The van der Waals surface area contributed by atoms with Crippen LogP contribution in [0.4, 0.5) is 0 Å². The van der Waals surface area contributed by atoms with Crippen LogP contribution < -0.4 is 5.32 Å². The van der Waals surface area contributed by atoms with E-state index in [0.717, 1.165) is 32.4 Å². The van der Waals surface area contributed by atoms with Crippen LogP contribution in [0, 0.1) is 13.8 Å². The predicted molar refractivity (Wildman–Crippen MR) is 117 cm³/mol. The van der Waals surface area contributed by atoms with Crippen molar-refractivity contribution >= 4 is 16.8 Å². The van der Waals surface area contributed by atoms with Crippen LogP contribution in [0.2, 0.25) is 0 Å². The summed E-state index contributed by atoms with van der Waals surface area (Å²) in [6.07, 6.45) is 5.81. The zero-order valence-electron chi connectivity index (χ0n) is 17.4. The van der Waals surface area contributed by atoms with E-state index in [-0.39, 0.29) is 12.0 Å². The summed E-state index contributed by atoms with van der Waals surface area (Å²) in [5.41, 5.74) is 6.39. The molecule has 4 nitrogen and oxygen atoms in total. The number of nitrogens with one attached hydrogen (secondary N) is 1. The van der Waals surface area contributed by atoms with Crippen molar-refractivity contribution in [3.8, 4) is 0 Å². The minimum atomic E-state index is 0.104. The van der Waals surface area contributed by atoms with Gasteiger partial charge in [0, 0.05) is 43.2 Å². The fraction of sp³-hybridized carbons (Fsp3) is 0.400. The number of rotatable bonds is 7. The van der Waals surface area contributed by atoms with E-state index in [1.54, 1.807) is 0 Å². The number of ether oxygens (including phenoxy) is 1. The molecular weight excluding hydrogens is 360 g/mol. The summed E-state index contributed by atoms with van der Waals surface area (Å²) in [6.45, 7) is 6.60. The lowest BCUT2D eigenvalue weighted by Crippen LogP contribution is -2.31. The SMILES string of the molecule is Cc1ccc(C)c(Cn2cc(CCC(=O)NC[C@H]3CCCO3)c3ccccc32)c1. The Hall–Kier alpha value is -2.59. The van der Waals surface area contributed by atoms with Crippen LogP contribution in [0.1, 0.15) is 41.5 Å². The summed E-state index contributed by atoms with van der Waals surface area (Å²) >= 11 is 0. The molecule has 2 heterocycles. The van der Waals surface area contributed by atoms with E-state index >= 15 is 0 Å². The Labute approximate surface area is 172 Å². The Kier molecular flexibility index (Phi) is 6.00. The molecule has 3 aromatic rings. The van der Waals surface area contributed by atoms with Gasteiger partial charge in [-0.05, 0) is 55.9 Å². The van der Waals surface area contributed by atoms with E-state index in [4.69, 9.17) is 4.74 Å². The molecule has 0 bridgehead atoms.